The highest BCUT2D eigenvalue weighted by Gasteiger charge is 2.23. The summed E-state index contributed by atoms with van der Waals surface area (Å²) < 4.78 is 0. The van der Waals surface area contributed by atoms with Crippen molar-refractivity contribution < 1.29 is 4.79 Å². The molecule has 1 fully saturated rings. The predicted octanol–water partition coefficient (Wildman–Crippen LogP) is 2.04. The van der Waals surface area contributed by atoms with E-state index in [0.717, 1.165) is 5.92 Å². The van der Waals surface area contributed by atoms with E-state index in [-0.39, 0.29) is 5.91 Å². The smallest absolute Gasteiger partial charge is 0.219 e. The van der Waals surface area contributed by atoms with E-state index < -0.39 is 0 Å². The minimum absolute atomic E-state index is 0.203. The number of carbonyl (C=O) groups is 1. The normalized spacial score (nSPS) is 29.9. The Labute approximate surface area is 74.9 Å². The van der Waals surface area contributed by atoms with Gasteiger partial charge in [0.2, 0.25) is 5.91 Å². The molecule has 0 N–H and O–H groups in total. The maximum Gasteiger partial charge on any atom is 0.219 e. The van der Waals surface area contributed by atoms with Crippen LogP contribution in [0.25, 0.3) is 0 Å². The monoisotopic (exact) mass is 169 g/mol. The first-order valence-electron chi connectivity index (χ1n) is 4.84. The average molecular weight is 169 g/mol. The van der Waals surface area contributed by atoms with Crippen LogP contribution in [0.4, 0.5) is 0 Å². The molecule has 0 aromatic rings. The van der Waals surface area contributed by atoms with Crippen molar-refractivity contribution in [1.29, 1.82) is 0 Å². The molecule has 1 aliphatic rings. The maximum absolute atomic E-state index is 11.1. The fourth-order valence-electron chi connectivity index (χ4n) is 2.01. The standard InChI is InChI=1S/C10H19NO/c1-8-5-4-6-10(7-8)11(3)9(2)12/h8,10H,4-7H2,1-3H3. The first-order chi connectivity index (χ1) is 5.61. The van der Waals surface area contributed by atoms with Gasteiger partial charge >= 0.3 is 0 Å². The highest BCUT2D eigenvalue weighted by Crippen LogP contribution is 2.26. The summed E-state index contributed by atoms with van der Waals surface area (Å²) >= 11 is 0. The first-order valence-corrected chi connectivity index (χ1v) is 4.84. The lowest BCUT2D eigenvalue weighted by Gasteiger charge is -2.33. The van der Waals surface area contributed by atoms with Crippen molar-refractivity contribution in [3.63, 3.8) is 0 Å². The fraction of sp³-hybridized carbons (Fsp3) is 0.900. The van der Waals surface area contributed by atoms with Gasteiger partial charge in [-0.25, -0.2) is 0 Å². The fourth-order valence-corrected chi connectivity index (χ4v) is 2.01. The van der Waals surface area contributed by atoms with E-state index in [0.29, 0.717) is 6.04 Å². The second kappa shape index (κ2) is 3.92. The van der Waals surface area contributed by atoms with Gasteiger partial charge in [0.1, 0.15) is 0 Å². The van der Waals surface area contributed by atoms with Gasteiger partial charge < -0.3 is 4.90 Å². The zero-order chi connectivity index (χ0) is 9.14. The Bertz CT molecular complexity index is 167. The van der Waals surface area contributed by atoms with Gasteiger partial charge in [-0.2, -0.15) is 0 Å². The van der Waals surface area contributed by atoms with Crippen molar-refractivity contribution in [2.24, 2.45) is 5.92 Å². The van der Waals surface area contributed by atoms with Gasteiger partial charge in [-0.05, 0) is 18.8 Å². The Balaban J connectivity index is 2.45. The highest BCUT2D eigenvalue weighted by molar-refractivity contribution is 5.73. The SMILES string of the molecule is CC(=O)N(C)C1CCCC(C)C1. The summed E-state index contributed by atoms with van der Waals surface area (Å²) in [5.74, 6) is 1.000. The minimum Gasteiger partial charge on any atom is -0.343 e. The molecule has 0 heterocycles. The number of nitrogens with zero attached hydrogens (tertiary/aromatic N) is 1. The summed E-state index contributed by atoms with van der Waals surface area (Å²) in [6, 6.07) is 0.506. The Morgan fingerprint density at radius 1 is 1.42 bits per heavy atom. The van der Waals surface area contributed by atoms with Crippen LogP contribution >= 0.6 is 0 Å². The van der Waals surface area contributed by atoms with Gasteiger partial charge in [0, 0.05) is 20.0 Å². The molecule has 0 bridgehead atoms. The van der Waals surface area contributed by atoms with Crippen LogP contribution in [0.3, 0.4) is 0 Å². The summed E-state index contributed by atoms with van der Waals surface area (Å²) in [5, 5.41) is 0. The van der Waals surface area contributed by atoms with Gasteiger partial charge in [-0.3, -0.25) is 4.79 Å². The Hall–Kier alpha value is -0.530. The summed E-state index contributed by atoms with van der Waals surface area (Å²) in [6.07, 6.45) is 5.00. The molecule has 0 radical (unpaired) electrons. The van der Waals surface area contributed by atoms with E-state index in [1.165, 1.54) is 25.7 Å². The van der Waals surface area contributed by atoms with E-state index in [1.54, 1.807) is 6.92 Å². The zero-order valence-corrected chi connectivity index (χ0v) is 8.34. The lowest BCUT2D eigenvalue weighted by Crippen LogP contribution is -2.38. The van der Waals surface area contributed by atoms with Crippen LogP contribution in [0.2, 0.25) is 0 Å². The molecule has 2 atom stereocenters. The van der Waals surface area contributed by atoms with Gasteiger partial charge in [0.05, 0.1) is 0 Å². The van der Waals surface area contributed by atoms with Crippen LogP contribution in [0.5, 0.6) is 0 Å². The van der Waals surface area contributed by atoms with Gasteiger partial charge in [0.25, 0.3) is 0 Å². The Kier molecular flexibility index (Phi) is 3.12. The van der Waals surface area contributed by atoms with Crippen molar-refractivity contribution in [1.82, 2.24) is 4.90 Å². The molecule has 0 aromatic heterocycles. The molecule has 1 saturated carbocycles. The van der Waals surface area contributed by atoms with Gasteiger partial charge in [0.15, 0.2) is 0 Å². The molecule has 2 nitrogen and oxygen atoms in total. The van der Waals surface area contributed by atoms with Crippen LogP contribution in [0.1, 0.15) is 39.5 Å². The molecule has 12 heavy (non-hydrogen) atoms. The molecule has 0 spiro atoms. The molecule has 1 rings (SSSR count). The van der Waals surface area contributed by atoms with E-state index >= 15 is 0 Å². The molecule has 0 saturated heterocycles. The van der Waals surface area contributed by atoms with Crippen LogP contribution in [-0.2, 0) is 4.79 Å². The molecule has 1 amide bonds. The minimum atomic E-state index is 0.203. The van der Waals surface area contributed by atoms with E-state index in [1.807, 2.05) is 11.9 Å². The molecule has 0 aromatic carbocycles. The molecule has 0 aliphatic heterocycles. The second-order valence-corrected chi connectivity index (χ2v) is 4.06. The topological polar surface area (TPSA) is 20.3 Å². The highest BCUT2D eigenvalue weighted by atomic mass is 16.2. The van der Waals surface area contributed by atoms with Crippen molar-refractivity contribution in [2.45, 2.75) is 45.6 Å². The lowest BCUT2D eigenvalue weighted by molar-refractivity contribution is -0.130. The summed E-state index contributed by atoms with van der Waals surface area (Å²) in [5.41, 5.74) is 0. The number of hydrogen-bond donors (Lipinski definition) is 0. The van der Waals surface area contributed by atoms with Crippen molar-refractivity contribution in [3.8, 4) is 0 Å². The Morgan fingerprint density at radius 2 is 2.08 bits per heavy atom. The third-order valence-corrected chi connectivity index (χ3v) is 2.95. The number of rotatable bonds is 1. The Morgan fingerprint density at radius 3 is 2.58 bits per heavy atom. The van der Waals surface area contributed by atoms with Crippen molar-refractivity contribution in [3.05, 3.63) is 0 Å². The molecule has 1 aliphatic carbocycles. The zero-order valence-electron chi connectivity index (χ0n) is 8.34. The van der Waals surface area contributed by atoms with E-state index in [9.17, 15) is 4.79 Å². The molecular formula is C10H19NO. The van der Waals surface area contributed by atoms with Gasteiger partial charge in [-0.15, -0.1) is 0 Å². The summed E-state index contributed by atoms with van der Waals surface area (Å²) in [7, 11) is 1.92. The van der Waals surface area contributed by atoms with Crippen LogP contribution in [0.15, 0.2) is 0 Å². The first kappa shape index (κ1) is 9.56. The largest absolute Gasteiger partial charge is 0.343 e. The summed E-state index contributed by atoms with van der Waals surface area (Å²) in [6.45, 7) is 3.93. The molecule has 70 valence electrons. The molecular weight excluding hydrogens is 150 g/mol. The van der Waals surface area contributed by atoms with E-state index in [2.05, 4.69) is 6.92 Å². The third-order valence-electron chi connectivity index (χ3n) is 2.95. The number of carbonyl (C=O) groups excluding carboxylic acids is 1. The van der Waals surface area contributed by atoms with Crippen molar-refractivity contribution in [2.75, 3.05) is 7.05 Å². The van der Waals surface area contributed by atoms with Gasteiger partial charge in [-0.1, -0.05) is 19.8 Å². The quantitative estimate of drug-likeness (QED) is 0.588. The lowest BCUT2D eigenvalue weighted by atomic mass is 9.86. The number of hydrogen-bond acceptors (Lipinski definition) is 1. The van der Waals surface area contributed by atoms with Crippen LogP contribution < -0.4 is 0 Å². The number of amides is 1. The second-order valence-electron chi connectivity index (χ2n) is 4.06. The van der Waals surface area contributed by atoms with E-state index in [4.69, 9.17) is 0 Å². The molecule has 2 heteroatoms. The third kappa shape index (κ3) is 2.23. The predicted molar refractivity (Wildman–Crippen MR) is 49.9 cm³/mol. The average Bonchev–Trinajstić information content (AvgIpc) is 2.03. The van der Waals surface area contributed by atoms with Crippen molar-refractivity contribution >= 4 is 5.91 Å². The van der Waals surface area contributed by atoms with Crippen LogP contribution in [0, 0.1) is 5.92 Å². The maximum atomic E-state index is 11.1. The summed E-state index contributed by atoms with van der Waals surface area (Å²) in [4.78, 5) is 13.0. The van der Waals surface area contributed by atoms with Crippen LogP contribution in [-0.4, -0.2) is 23.9 Å². The molecule has 2 unspecified atom stereocenters.